The number of carbonyl (C=O) groups is 1. The second-order valence-corrected chi connectivity index (χ2v) is 10.0. The Hall–Kier alpha value is -1.94. The molecule has 0 aliphatic rings. The summed E-state index contributed by atoms with van der Waals surface area (Å²) >= 11 is 0. The molecule has 0 saturated carbocycles. The Bertz CT molecular complexity index is 615. The average Bonchev–Trinajstić information content (AvgIpc) is 2.37. The minimum Gasteiger partial charge on any atom is -0.450 e. The van der Waals surface area contributed by atoms with Gasteiger partial charge < -0.3 is 4.74 Å². The number of rotatable bonds is 2. The fourth-order valence-electron chi connectivity index (χ4n) is 1.34. The fraction of sp³-hybridized carbons (Fsp3) is 0.357. The zero-order valence-corrected chi connectivity index (χ0v) is 13.2. The van der Waals surface area contributed by atoms with E-state index in [0.717, 1.165) is 6.07 Å². The molecule has 21 heavy (non-hydrogen) atoms. The lowest BCUT2D eigenvalue weighted by Gasteiger charge is -2.10. The summed E-state index contributed by atoms with van der Waals surface area (Å²) in [5.41, 5.74) is 2.26. The molecule has 114 valence electrons. The minimum absolute atomic E-state index is 0.0625. The highest BCUT2D eigenvalue weighted by atomic mass is 28.3. The zero-order valence-electron chi connectivity index (χ0n) is 12.2. The van der Waals surface area contributed by atoms with Gasteiger partial charge in [0.15, 0.2) is 17.5 Å². The monoisotopic (exact) mass is 315 g/mol. The summed E-state index contributed by atoms with van der Waals surface area (Å²) in [6, 6.07) is 0.757. The predicted molar refractivity (Wildman–Crippen MR) is 77.2 cm³/mol. The van der Waals surface area contributed by atoms with Crippen LogP contribution in [0.3, 0.4) is 0 Å². The lowest BCUT2D eigenvalue weighted by Crippen LogP contribution is -2.18. The van der Waals surface area contributed by atoms with E-state index in [9.17, 15) is 18.0 Å². The van der Waals surface area contributed by atoms with E-state index in [1.165, 1.54) is 0 Å². The Kier molecular flexibility index (Phi) is 5.44. The van der Waals surface area contributed by atoms with Gasteiger partial charge in [-0.3, -0.25) is 5.32 Å². The molecule has 1 amide bonds. The summed E-state index contributed by atoms with van der Waals surface area (Å²) in [6.45, 7) is 7.44. The molecule has 0 fully saturated rings. The molecule has 0 spiro atoms. The smallest absolute Gasteiger partial charge is 0.411 e. The number of amides is 1. The molecular weight excluding hydrogens is 299 g/mol. The Labute approximate surface area is 122 Å². The summed E-state index contributed by atoms with van der Waals surface area (Å²) in [6.07, 6.45) is -0.960. The molecule has 7 heteroatoms. The first kappa shape index (κ1) is 17.1. The third-order valence-corrected chi connectivity index (χ3v) is 3.11. The maximum atomic E-state index is 13.8. The van der Waals surface area contributed by atoms with Crippen LogP contribution < -0.4 is 5.32 Å². The maximum Gasteiger partial charge on any atom is 0.411 e. The molecule has 1 aromatic rings. The van der Waals surface area contributed by atoms with Crippen molar-refractivity contribution in [2.75, 3.05) is 11.9 Å². The van der Waals surface area contributed by atoms with Gasteiger partial charge in [-0.25, -0.2) is 18.0 Å². The quantitative estimate of drug-likeness (QED) is 0.510. The SMILES string of the molecule is CCOC(=O)Nc1c(C#C[Si](C)(C)C)cc(F)c(F)c1F. The van der Waals surface area contributed by atoms with E-state index in [2.05, 4.69) is 21.5 Å². The maximum absolute atomic E-state index is 13.8. The van der Waals surface area contributed by atoms with Crippen LogP contribution in [-0.2, 0) is 4.74 Å². The Morgan fingerprint density at radius 1 is 1.29 bits per heavy atom. The van der Waals surface area contributed by atoms with Crippen LogP contribution in [0, 0.1) is 28.9 Å². The average molecular weight is 315 g/mol. The third-order valence-electron chi connectivity index (χ3n) is 2.24. The highest BCUT2D eigenvalue weighted by molar-refractivity contribution is 6.83. The summed E-state index contributed by atoms with van der Waals surface area (Å²) in [5.74, 6) is -1.92. The normalized spacial score (nSPS) is 10.6. The van der Waals surface area contributed by atoms with Gasteiger partial charge in [-0.15, -0.1) is 5.54 Å². The van der Waals surface area contributed by atoms with Crippen molar-refractivity contribution in [3.63, 3.8) is 0 Å². The molecule has 1 aromatic carbocycles. The van der Waals surface area contributed by atoms with Gasteiger partial charge in [0.05, 0.1) is 17.9 Å². The number of ether oxygens (including phenoxy) is 1. The van der Waals surface area contributed by atoms with Crippen LogP contribution in [-0.4, -0.2) is 20.8 Å². The van der Waals surface area contributed by atoms with Gasteiger partial charge in [0.1, 0.15) is 8.07 Å². The van der Waals surface area contributed by atoms with Crippen LogP contribution in [0.4, 0.5) is 23.7 Å². The lowest BCUT2D eigenvalue weighted by atomic mass is 10.1. The van der Waals surface area contributed by atoms with E-state index in [1.54, 1.807) is 6.92 Å². The fourth-order valence-corrected chi connectivity index (χ4v) is 1.85. The van der Waals surface area contributed by atoms with Crippen molar-refractivity contribution in [2.45, 2.75) is 26.6 Å². The summed E-state index contributed by atoms with van der Waals surface area (Å²) in [4.78, 5) is 11.4. The van der Waals surface area contributed by atoms with Gasteiger partial charge in [0.2, 0.25) is 0 Å². The number of anilines is 1. The van der Waals surface area contributed by atoms with Gasteiger partial charge in [0.25, 0.3) is 0 Å². The topological polar surface area (TPSA) is 38.3 Å². The molecule has 1 N–H and O–H groups in total. The standard InChI is InChI=1S/C14H16F3NO2Si/c1-5-20-14(19)18-13-9(6-7-21(2,3)4)8-10(15)11(16)12(13)17/h8H,5H2,1-4H3,(H,18,19). The largest absolute Gasteiger partial charge is 0.450 e. The van der Waals surface area contributed by atoms with E-state index >= 15 is 0 Å². The van der Waals surface area contributed by atoms with Crippen LogP contribution >= 0.6 is 0 Å². The summed E-state index contributed by atoms with van der Waals surface area (Å²) in [5, 5.41) is 2.05. The van der Waals surface area contributed by atoms with Crippen LogP contribution in [0.5, 0.6) is 0 Å². The van der Waals surface area contributed by atoms with Gasteiger partial charge >= 0.3 is 6.09 Å². The summed E-state index contributed by atoms with van der Waals surface area (Å²) < 4.78 is 45.0. The van der Waals surface area contributed by atoms with Crippen LogP contribution in [0.2, 0.25) is 19.6 Å². The number of halogens is 3. The Morgan fingerprint density at radius 2 is 1.90 bits per heavy atom. The minimum atomic E-state index is -1.81. The van der Waals surface area contributed by atoms with E-state index in [0.29, 0.717) is 0 Å². The van der Waals surface area contributed by atoms with Crippen LogP contribution in [0.15, 0.2) is 6.07 Å². The van der Waals surface area contributed by atoms with Crippen molar-refractivity contribution < 1.29 is 22.7 Å². The molecule has 1 rings (SSSR count). The van der Waals surface area contributed by atoms with E-state index in [-0.39, 0.29) is 12.2 Å². The van der Waals surface area contributed by atoms with Crippen LogP contribution in [0.1, 0.15) is 12.5 Å². The van der Waals surface area contributed by atoms with E-state index in [4.69, 9.17) is 0 Å². The van der Waals surface area contributed by atoms with Crippen molar-refractivity contribution in [3.8, 4) is 11.5 Å². The van der Waals surface area contributed by atoms with Gasteiger partial charge in [-0.1, -0.05) is 25.6 Å². The summed E-state index contributed by atoms with van der Waals surface area (Å²) in [7, 11) is -1.81. The number of nitrogens with one attached hydrogen (secondary N) is 1. The molecule has 0 atom stereocenters. The molecule has 0 radical (unpaired) electrons. The zero-order chi connectivity index (χ0) is 16.2. The number of carbonyl (C=O) groups excluding carboxylic acids is 1. The van der Waals surface area contributed by atoms with Crippen molar-refractivity contribution in [2.24, 2.45) is 0 Å². The molecule has 0 saturated heterocycles. The molecule has 0 aliphatic heterocycles. The molecule has 0 aliphatic carbocycles. The van der Waals surface area contributed by atoms with E-state index in [1.807, 2.05) is 19.6 Å². The first-order valence-electron chi connectivity index (χ1n) is 6.30. The first-order valence-corrected chi connectivity index (χ1v) is 9.80. The number of benzene rings is 1. The molecule has 0 bridgehead atoms. The Balaban J connectivity index is 3.33. The lowest BCUT2D eigenvalue weighted by molar-refractivity contribution is 0.167. The first-order chi connectivity index (χ1) is 9.65. The van der Waals surface area contributed by atoms with Gasteiger partial charge in [-0.05, 0) is 13.0 Å². The molecular formula is C14H16F3NO2Si. The predicted octanol–water partition coefficient (Wildman–Crippen LogP) is 3.90. The van der Waals surface area contributed by atoms with Crippen molar-refractivity contribution in [3.05, 3.63) is 29.1 Å². The number of hydrogen-bond donors (Lipinski definition) is 1. The Morgan fingerprint density at radius 3 is 2.43 bits per heavy atom. The van der Waals surface area contributed by atoms with Crippen molar-refractivity contribution in [1.29, 1.82) is 0 Å². The highest BCUT2D eigenvalue weighted by Gasteiger charge is 2.20. The number of hydrogen-bond acceptors (Lipinski definition) is 2. The van der Waals surface area contributed by atoms with Crippen molar-refractivity contribution in [1.82, 2.24) is 0 Å². The second-order valence-electron chi connectivity index (χ2n) is 5.25. The highest BCUT2D eigenvalue weighted by Crippen LogP contribution is 2.25. The van der Waals surface area contributed by atoms with Crippen LogP contribution in [0.25, 0.3) is 0 Å². The molecule has 0 aromatic heterocycles. The van der Waals surface area contributed by atoms with Crippen molar-refractivity contribution >= 4 is 19.9 Å². The molecule has 0 unspecified atom stereocenters. The van der Waals surface area contributed by atoms with Gasteiger partial charge in [0, 0.05) is 0 Å². The van der Waals surface area contributed by atoms with E-state index < -0.39 is 37.3 Å². The molecule has 3 nitrogen and oxygen atoms in total. The third kappa shape index (κ3) is 4.83. The second kappa shape index (κ2) is 6.67. The van der Waals surface area contributed by atoms with Gasteiger partial charge in [-0.2, -0.15) is 0 Å². The molecule has 0 heterocycles.